The lowest BCUT2D eigenvalue weighted by Gasteiger charge is -2.38. The van der Waals surface area contributed by atoms with Crippen LogP contribution in [0, 0.1) is 12.3 Å². The highest BCUT2D eigenvalue weighted by molar-refractivity contribution is 9.11. The Labute approximate surface area is 128 Å². The van der Waals surface area contributed by atoms with Gasteiger partial charge in [-0.05, 0) is 52.7 Å². The first kappa shape index (κ1) is 15.5. The molecule has 0 saturated heterocycles. The molecule has 0 radical (unpaired) electrons. The summed E-state index contributed by atoms with van der Waals surface area (Å²) < 4.78 is 29.1. The molecule has 1 aromatic rings. The monoisotopic (exact) mass is 365 g/mol. The van der Waals surface area contributed by atoms with Crippen LogP contribution in [0.1, 0.15) is 45.1 Å². The van der Waals surface area contributed by atoms with E-state index in [1.54, 1.807) is 6.07 Å². The standard InChI is InChI=1S/C13H20BrNO2S2/c1-9-8-11(18-12(9)14)19(16,17)15-10-6-4-5-7-13(10,2)3/h8,10,15H,4-7H2,1-3H3. The van der Waals surface area contributed by atoms with Gasteiger partial charge in [0.05, 0.1) is 3.79 Å². The van der Waals surface area contributed by atoms with Crippen molar-refractivity contribution in [1.29, 1.82) is 0 Å². The fourth-order valence-corrected chi connectivity index (χ4v) is 6.21. The van der Waals surface area contributed by atoms with Crippen LogP contribution in [0.3, 0.4) is 0 Å². The molecule has 0 bridgehead atoms. The van der Waals surface area contributed by atoms with Crippen molar-refractivity contribution in [1.82, 2.24) is 4.72 Å². The summed E-state index contributed by atoms with van der Waals surface area (Å²) in [6.07, 6.45) is 4.30. The fraction of sp³-hybridized carbons (Fsp3) is 0.692. The van der Waals surface area contributed by atoms with Crippen molar-refractivity contribution >= 4 is 37.3 Å². The Hall–Kier alpha value is 0.0900. The molecule has 1 heterocycles. The number of nitrogens with one attached hydrogen (secondary N) is 1. The van der Waals surface area contributed by atoms with Crippen LogP contribution >= 0.6 is 27.3 Å². The molecule has 1 N–H and O–H groups in total. The predicted molar refractivity (Wildman–Crippen MR) is 83.1 cm³/mol. The molecule has 19 heavy (non-hydrogen) atoms. The number of aryl methyl sites for hydroxylation is 1. The van der Waals surface area contributed by atoms with Crippen LogP contribution in [0.15, 0.2) is 14.1 Å². The number of hydrogen-bond donors (Lipinski definition) is 1. The van der Waals surface area contributed by atoms with Crippen LogP contribution < -0.4 is 4.72 Å². The van der Waals surface area contributed by atoms with Gasteiger partial charge in [-0.2, -0.15) is 0 Å². The molecule has 0 spiro atoms. The average molecular weight is 366 g/mol. The highest BCUT2D eigenvalue weighted by Gasteiger charge is 2.35. The first-order valence-electron chi connectivity index (χ1n) is 6.51. The summed E-state index contributed by atoms with van der Waals surface area (Å²) >= 11 is 4.66. The summed E-state index contributed by atoms with van der Waals surface area (Å²) in [6, 6.07) is 1.76. The summed E-state index contributed by atoms with van der Waals surface area (Å²) in [7, 11) is -3.39. The van der Waals surface area contributed by atoms with E-state index in [0.29, 0.717) is 4.21 Å². The second-order valence-corrected chi connectivity index (χ2v) is 10.2. The number of sulfonamides is 1. The first-order valence-corrected chi connectivity index (χ1v) is 9.60. The molecule has 1 unspecified atom stereocenters. The highest BCUT2D eigenvalue weighted by Crippen LogP contribution is 2.37. The van der Waals surface area contributed by atoms with Gasteiger partial charge >= 0.3 is 0 Å². The Kier molecular flexibility index (Phi) is 4.45. The molecule has 0 aromatic carbocycles. The normalized spacial score (nSPS) is 23.5. The van der Waals surface area contributed by atoms with Crippen molar-refractivity contribution in [3.05, 3.63) is 15.4 Å². The van der Waals surface area contributed by atoms with E-state index in [1.165, 1.54) is 17.8 Å². The van der Waals surface area contributed by atoms with Crippen LogP contribution in [0.5, 0.6) is 0 Å². The zero-order valence-electron chi connectivity index (χ0n) is 11.5. The summed E-state index contributed by atoms with van der Waals surface area (Å²) in [6.45, 7) is 6.20. The average Bonchev–Trinajstić information content (AvgIpc) is 2.63. The molecule has 0 aliphatic heterocycles. The third kappa shape index (κ3) is 3.40. The molecular formula is C13H20BrNO2S2. The van der Waals surface area contributed by atoms with Gasteiger partial charge in [0.15, 0.2) is 0 Å². The van der Waals surface area contributed by atoms with Crippen LogP contribution in [-0.4, -0.2) is 14.5 Å². The van der Waals surface area contributed by atoms with E-state index in [4.69, 9.17) is 0 Å². The smallest absolute Gasteiger partial charge is 0.207 e. The van der Waals surface area contributed by atoms with Crippen molar-refractivity contribution < 1.29 is 8.42 Å². The lowest BCUT2D eigenvalue weighted by Crippen LogP contribution is -2.46. The van der Waals surface area contributed by atoms with Crippen LogP contribution in [-0.2, 0) is 10.0 Å². The van der Waals surface area contributed by atoms with E-state index in [-0.39, 0.29) is 11.5 Å². The van der Waals surface area contributed by atoms with E-state index in [0.717, 1.165) is 28.6 Å². The van der Waals surface area contributed by atoms with Crippen molar-refractivity contribution in [3.8, 4) is 0 Å². The lowest BCUT2D eigenvalue weighted by atomic mass is 9.74. The molecule has 1 aliphatic carbocycles. The van der Waals surface area contributed by atoms with E-state index >= 15 is 0 Å². The molecule has 1 saturated carbocycles. The van der Waals surface area contributed by atoms with Gasteiger partial charge in [-0.15, -0.1) is 11.3 Å². The van der Waals surface area contributed by atoms with E-state index in [1.807, 2.05) is 6.92 Å². The molecule has 3 nitrogen and oxygen atoms in total. The number of rotatable bonds is 3. The maximum absolute atomic E-state index is 12.4. The quantitative estimate of drug-likeness (QED) is 0.877. The zero-order valence-corrected chi connectivity index (χ0v) is 14.7. The Bertz CT molecular complexity index is 544. The minimum absolute atomic E-state index is 0.0347. The van der Waals surface area contributed by atoms with Crippen molar-refractivity contribution in [2.45, 2.75) is 56.7 Å². The third-order valence-electron chi connectivity index (χ3n) is 3.90. The van der Waals surface area contributed by atoms with Gasteiger partial charge < -0.3 is 0 Å². The van der Waals surface area contributed by atoms with Crippen molar-refractivity contribution in [2.75, 3.05) is 0 Å². The van der Waals surface area contributed by atoms with Crippen LogP contribution in [0.25, 0.3) is 0 Å². The van der Waals surface area contributed by atoms with E-state index < -0.39 is 10.0 Å². The maximum atomic E-state index is 12.4. The molecule has 1 aliphatic rings. The number of halogens is 1. The van der Waals surface area contributed by atoms with Gasteiger partial charge in [-0.1, -0.05) is 26.7 Å². The van der Waals surface area contributed by atoms with Crippen molar-refractivity contribution in [3.63, 3.8) is 0 Å². The summed E-state index contributed by atoms with van der Waals surface area (Å²) in [5.74, 6) is 0. The number of thiophene rings is 1. The van der Waals surface area contributed by atoms with E-state index in [9.17, 15) is 8.42 Å². The number of hydrogen-bond acceptors (Lipinski definition) is 3. The summed E-state index contributed by atoms with van der Waals surface area (Å²) in [5, 5.41) is 0. The first-order chi connectivity index (χ1) is 8.72. The van der Waals surface area contributed by atoms with Crippen molar-refractivity contribution in [2.24, 2.45) is 5.41 Å². The van der Waals surface area contributed by atoms with Gasteiger partial charge in [0, 0.05) is 6.04 Å². The molecule has 6 heteroatoms. The molecule has 1 atom stereocenters. The topological polar surface area (TPSA) is 46.2 Å². The second-order valence-electron chi connectivity index (χ2n) is 5.93. The van der Waals surface area contributed by atoms with E-state index in [2.05, 4.69) is 34.5 Å². The summed E-state index contributed by atoms with van der Waals surface area (Å²) in [5.41, 5.74) is 1.00. The Morgan fingerprint density at radius 1 is 1.42 bits per heavy atom. The Balaban J connectivity index is 2.21. The molecule has 0 amide bonds. The van der Waals surface area contributed by atoms with Crippen LogP contribution in [0.2, 0.25) is 0 Å². The maximum Gasteiger partial charge on any atom is 0.250 e. The Morgan fingerprint density at radius 2 is 2.11 bits per heavy atom. The van der Waals surface area contributed by atoms with Gasteiger partial charge in [-0.25, -0.2) is 13.1 Å². The largest absolute Gasteiger partial charge is 0.250 e. The zero-order chi connectivity index (χ0) is 14.3. The minimum Gasteiger partial charge on any atom is -0.207 e. The highest BCUT2D eigenvalue weighted by atomic mass is 79.9. The molecule has 1 aromatic heterocycles. The van der Waals surface area contributed by atoms with Gasteiger partial charge in [0.25, 0.3) is 0 Å². The molecular weight excluding hydrogens is 346 g/mol. The van der Waals surface area contributed by atoms with Gasteiger partial charge in [0.2, 0.25) is 10.0 Å². The fourth-order valence-electron chi connectivity index (χ4n) is 2.52. The minimum atomic E-state index is -3.39. The van der Waals surface area contributed by atoms with Gasteiger partial charge in [0.1, 0.15) is 4.21 Å². The second kappa shape index (κ2) is 5.47. The lowest BCUT2D eigenvalue weighted by molar-refractivity contribution is 0.188. The SMILES string of the molecule is Cc1cc(S(=O)(=O)NC2CCCCC2(C)C)sc1Br. The summed E-state index contributed by atoms with van der Waals surface area (Å²) in [4.78, 5) is 0. The van der Waals surface area contributed by atoms with Gasteiger partial charge in [-0.3, -0.25) is 0 Å². The van der Waals surface area contributed by atoms with Crippen LogP contribution in [0.4, 0.5) is 0 Å². The third-order valence-corrected chi connectivity index (χ3v) is 7.99. The molecule has 2 rings (SSSR count). The Morgan fingerprint density at radius 3 is 2.63 bits per heavy atom. The molecule has 1 fully saturated rings. The molecule has 108 valence electrons. The predicted octanol–water partition coefficient (Wildman–Crippen LogP) is 4.07.